The Kier molecular flexibility index (Phi) is 13.9. The number of amides is 2. The van der Waals surface area contributed by atoms with Gasteiger partial charge in [0.15, 0.2) is 5.11 Å². The Balaban J connectivity index is 1.84. The highest BCUT2D eigenvalue weighted by Crippen LogP contribution is 2.27. The number of unbranched alkanes of at least 4 members (excludes halogenated alkanes) is 7. The van der Waals surface area contributed by atoms with Crippen molar-refractivity contribution in [1.82, 2.24) is 15.5 Å². The Hall–Kier alpha value is -2.20. The Morgan fingerprint density at radius 3 is 2.49 bits per heavy atom. The molecule has 1 heterocycles. The first-order valence-corrected chi connectivity index (χ1v) is 14.4. The Morgan fingerprint density at radius 1 is 1.16 bits per heavy atom. The van der Waals surface area contributed by atoms with Gasteiger partial charge >= 0.3 is 5.97 Å². The smallest absolute Gasteiger partial charge is 0.308 e. The van der Waals surface area contributed by atoms with Crippen LogP contribution in [0.1, 0.15) is 88.9 Å². The summed E-state index contributed by atoms with van der Waals surface area (Å²) < 4.78 is 11.7. The van der Waals surface area contributed by atoms with E-state index < -0.39 is 17.9 Å². The van der Waals surface area contributed by atoms with Crippen LogP contribution in [0.5, 0.6) is 5.75 Å². The molecule has 206 valence electrons. The Labute approximate surface area is 234 Å². The number of nitrogens with one attached hydrogen (secondary N) is 2. The largest absolute Gasteiger partial charge is 0.490 e. The number of carbonyl (C=O) groups excluding carboxylic acids is 3. The number of piperazine rings is 1. The van der Waals surface area contributed by atoms with Gasteiger partial charge in [-0.25, -0.2) is 0 Å². The summed E-state index contributed by atoms with van der Waals surface area (Å²) in [5.41, 5.74) is 0.383. The van der Waals surface area contributed by atoms with Gasteiger partial charge in [-0.1, -0.05) is 51.9 Å². The highest BCUT2D eigenvalue weighted by Gasteiger charge is 2.34. The van der Waals surface area contributed by atoms with Gasteiger partial charge < -0.3 is 19.7 Å². The van der Waals surface area contributed by atoms with Gasteiger partial charge in [0.25, 0.3) is 5.91 Å². The van der Waals surface area contributed by atoms with Crippen molar-refractivity contribution in [1.29, 1.82) is 0 Å². The van der Waals surface area contributed by atoms with Crippen molar-refractivity contribution in [2.45, 2.75) is 90.7 Å². The zero-order valence-corrected chi connectivity index (χ0v) is 24.5. The molecule has 1 atom stereocenters. The van der Waals surface area contributed by atoms with Gasteiger partial charge in [0, 0.05) is 18.7 Å². The van der Waals surface area contributed by atoms with Crippen molar-refractivity contribution < 1.29 is 23.9 Å². The van der Waals surface area contributed by atoms with E-state index in [9.17, 15) is 14.4 Å². The molecule has 1 aromatic rings. The summed E-state index contributed by atoms with van der Waals surface area (Å²) in [4.78, 5) is 39.4. The van der Waals surface area contributed by atoms with Crippen LogP contribution >= 0.6 is 28.1 Å². The first-order chi connectivity index (χ1) is 17.7. The van der Waals surface area contributed by atoms with Gasteiger partial charge in [0.05, 0.1) is 23.6 Å². The third kappa shape index (κ3) is 11.0. The van der Waals surface area contributed by atoms with Crippen molar-refractivity contribution in [2.75, 3.05) is 19.7 Å². The van der Waals surface area contributed by atoms with E-state index in [1.165, 1.54) is 32.1 Å². The van der Waals surface area contributed by atoms with Crippen LogP contribution < -0.4 is 15.4 Å². The highest BCUT2D eigenvalue weighted by atomic mass is 79.9. The molecule has 0 aliphatic carbocycles. The number of ether oxygens (including phenoxy) is 2. The summed E-state index contributed by atoms with van der Waals surface area (Å²) in [6.07, 6.45) is 9.11. The van der Waals surface area contributed by atoms with Gasteiger partial charge in [-0.3, -0.25) is 19.7 Å². The van der Waals surface area contributed by atoms with E-state index in [-0.39, 0.29) is 23.5 Å². The maximum Gasteiger partial charge on any atom is 0.308 e. The number of nitrogens with zero attached hydrogens (tertiary/aromatic N) is 1. The summed E-state index contributed by atoms with van der Waals surface area (Å²) in [7, 11) is 0. The average molecular weight is 599 g/mol. The van der Waals surface area contributed by atoms with Crippen LogP contribution in [-0.4, -0.2) is 59.6 Å². The van der Waals surface area contributed by atoms with Gasteiger partial charge in [0.1, 0.15) is 11.8 Å². The summed E-state index contributed by atoms with van der Waals surface area (Å²) in [5.74, 6) is -0.546. The van der Waals surface area contributed by atoms with Crippen molar-refractivity contribution in [3.8, 4) is 5.75 Å². The second kappa shape index (κ2) is 16.6. The summed E-state index contributed by atoms with van der Waals surface area (Å²) in [6.45, 7) is 7.13. The summed E-state index contributed by atoms with van der Waals surface area (Å²) in [6, 6.07) is 4.17. The predicted octanol–water partition coefficient (Wildman–Crippen LogP) is 5.13. The number of rotatable bonds is 14. The third-order valence-corrected chi connectivity index (χ3v) is 6.95. The predicted molar refractivity (Wildman–Crippen MR) is 152 cm³/mol. The highest BCUT2D eigenvalue weighted by molar-refractivity contribution is 9.10. The van der Waals surface area contributed by atoms with E-state index in [0.717, 1.165) is 19.3 Å². The molecule has 2 rings (SSSR count). The molecule has 1 saturated heterocycles. The van der Waals surface area contributed by atoms with Gasteiger partial charge in [-0.15, -0.1) is 0 Å². The first-order valence-electron chi connectivity index (χ1n) is 13.2. The lowest BCUT2D eigenvalue weighted by atomic mass is 10.1. The minimum atomic E-state index is -0.832. The number of hydrogen-bond acceptors (Lipinski definition) is 6. The fourth-order valence-corrected chi connectivity index (χ4v) is 4.82. The molecule has 0 spiro atoms. The van der Waals surface area contributed by atoms with Crippen LogP contribution in [0.2, 0.25) is 0 Å². The molecule has 1 unspecified atom stereocenters. The molecule has 0 bridgehead atoms. The van der Waals surface area contributed by atoms with E-state index in [1.807, 2.05) is 13.8 Å². The standard InChI is InChI=1S/C27H40BrN3O5S/c1-4-5-6-7-8-9-10-11-16-35-24(32)18-22-26(34)29-14-15-31(22)27(37)30-25(33)20-12-13-23(21(28)17-20)36-19(2)3/h12-13,17,19,22H,4-11,14-16,18H2,1-3H3,(H,29,34)(H,30,33,37). The Bertz CT molecular complexity index is 927. The van der Waals surface area contributed by atoms with Crippen molar-refractivity contribution in [3.63, 3.8) is 0 Å². The lowest BCUT2D eigenvalue weighted by molar-refractivity contribution is -0.147. The zero-order valence-electron chi connectivity index (χ0n) is 22.1. The molecule has 1 aliphatic heterocycles. The number of thiocarbonyl (C=S) groups is 1. The molecule has 0 radical (unpaired) electrons. The van der Waals surface area contributed by atoms with Crippen molar-refractivity contribution in [3.05, 3.63) is 28.2 Å². The fourth-order valence-electron chi connectivity index (χ4n) is 4.03. The van der Waals surface area contributed by atoms with Crippen LogP contribution in [-0.2, 0) is 14.3 Å². The van der Waals surface area contributed by atoms with Gasteiger partial charge in [0.2, 0.25) is 5.91 Å². The lowest BCUT2D eigenvalue weighted by Crippen LogP contribution is -2.60. The molecule has 2 N–H and O–H groups in total. The monoisotopic (exact) mass is 597 g/mol. The number of carbonyl (C=O) groups is 3. The van der Waals surface area contributed by atoms with Gasteiger partial charge in [-0.05, 0) is 66.6 Å². The van der Waals surface area contributed by atoms with Gasteiger partial charge in [-0.2, -0.15) is 0 Å². The van der Waals surface area contributed by atoms with E-state index in [0.29, 0.717) is 35.5 Å². The molecule has 2 amide bonds. The normalized spacial score (nSPS) is 15.3. The SMILES string of the molecule is CCCCCCCCCCOC(=O)CC1C(=O)NCCN1C(=S)NC(=O)c1ccc(OC(C)C)c(Br)c1. The lowest BCUT2D eigenvalue weighted by Gasteiger charge is -2.36. The number of benzene rings is 1. The van der Waals surface area contributed by atoms with Crippen LogP contribution in [0.15, 0.2) is 22.7 Å². The average Bonchev–Trinajstić information content (AvgIpc) is 2.85. The van der Waals surface area contributed by atoms with E-state index in [1.54, 1.807) is 23.1 Å². The summed E-state index contributed by atoms with van der Waals surface area (Å²) in [5, 5.41) is 5.54. The molecule has 0 saturated carbocycles. The first kappa shape index (κ1) is 31.0. The topological polar surface area (TPSA) is 97.0 Å². The molecule has 8 nitrogen and oxygen atoms in total. The molecule has 37 heavy (non-hydrogen) atoms. The number of hydrogen-bond donors (Lipinski definition) is 2. The van der Waals surface area contributed by atoms with E-state index >= 15 is 0 Å². The summed E-state index contributed by atoms with van der Waals surface area (Å²) >= 11 is 8.87. The maximum absolute atomic E-state index is 12.8. The van der Waals surface area contributed by atoms with E-state index in [2.05, 4.69) is 33.5 Å². The van der Waals surface area contributed by atoms with Crippen molar-refractivity contribution in [2.24, 2.45) is 0 Å². The second-order valence-electron chi connectivity index (χ2n) is 9.47. The van der Waals surface area contributed by atoms with Crippen LogP contribution in [0.3, 0.4) is 0 Å². The third-order valence-electron chi connectivity index (χ3n) is 5.99. The molecule has 1 fully saturated rings. The number of esters is 1. The van der Waals surface area contributed by atoms with Crippen LogP contribution in [0.4, 0.5) is 0 Å². The molecular weight excluding hydrogens is 558 g/mol. The van der Waals surface area contributed by atoms with Crippen LogP contribution in [0.25, 0.3) is 0 Å². The van der Waals surface area contributed by atoms with E-state index in [4.69, 9.17) is 21.7 Å². The molecule has 1 aliphatic rings. The maximum atomic E-state index is 12.8. The second-order valence-corrected chi connectivity index (χ2v) is 10.7. The number of halogens is 1. The molecular formula is C27H40BrN3O5S. The van der Waals surface area contributed by atoms with Crippen LogP contribution in [0, 0.1) is 0 Å². The molecule has 10 heteroatoms. The minimum absolute atomic E-state index is 0.00209. The van der Waals surface area contributed by atoms with Crippen molar-refractivity contribution >= 4 is 51.0 Å². The fraction of sp³-hybridized carbons (Fsp3) is 0.630. The molecule has 0 aromatic heterocycles. The Morgan fingerprint density at radius 2 is 1.84 bits per heavy atom. The minimum Gasteiger partial charge on any atom is -0.490 e. The zero-order chi connectivity index (χ0) is 27.2. The quantitative estimate of drug-likeness (QED) is 0.174. The molecule has 1 aromatic carbocycles.